The Morgan fingerprint density at radius 2 is 1.69 bits per heavy atom. The van der Waals surface area contributed by atoms with Gasteiger partial charge in [0.15, 0.2) is 0 Å². The van der Waals surface area contributed by atoms with Gasteiger partial charge in [0.05, 0.1) is 18.8 Å². The highest BCUT2D eigenvalue weighted by Crippen LogP contribution is 2.35. The van der Waals surface area contributed by atoms with E-state index in [2.05, 4.69) is 31.0 Å². The van der Waals surface area contributed by atoms with Crippen LogP contribution >= 0.6 is 15.9 Å². The second-order valence-corrected chi connectivity index (χ2v) is 8.81. The number of nitrogens with zero attached hydrogens (tertiary/aromatic N) is 4. The van der Waals surface area contributed by atoms with E-state index in [0.717, 1.165) is 26.5 Å². The van der Waals surface area contributed by atoms with Gasteiger partial charge in [0, 0.05) is 21.0 Å². The summed E-state index contributed by atoms with van der Waals surface area (Å²) in [6.45, 7) is 0. The van der Waals surface area contributed by atoms with E-state index >= 15 is 0 Å². The van der Waals surface area contributed by atoms with E-state index in [1.807, 2.05) is 54.6 Å². The maximum atomic E-state index is 12.5. The van der Waals surface area contributed by atoms with Crippen LogP contribution in [0, 0.1) is 0 Å². The molecule has 5 aromatic rings. The number of rotatable bonds is 6. The summed E-state index contributed by atoms with van der Waals surface area (Å²) in [5.41, 5.74) is 3.57. The maximum absolute atomic E-state index is 12.5. The average molecular weight is 555 g/mol. The molecule has 1 atom stereocenters. The number of aromatic nitrogens is 4. The van der Waals surface area contributed by atoms with E-state index in [-0.39, 0.29) is 5.75 Å². The minimum Gasteiger partial charge on any atom is -0.481 e. The standard InChI is InChI=1S/C26H18BrF3N4O2/c1-35-25-21(14-18-13-19(27)9-12-22(18)31-25)24(17-5-3-2-4-6-17)34-15-23(32-33-34)16-7-10-20(11-8-16)36-26(28,29)30/h2-15,24H,1H3. The first kappa shape index (κ1) is 23.8. The smallest absolute Gasteiger partial charge is 0.481 e. The molecule has 182 valence electrons. The maximum Gasteiger partial charge on any atom is 0.573 e. The Hall–Kier alpha value is -3.92. The first-order valence-electron chi connectivity index (χ1n) is 10.8. The average Bonchev–Trinajstić information content (AvgIpc) is 3.33. The largest absolute Gasteiger partial charge is 0.573 e. The third kappa shape index (κ3) is 5.03. The SMILES string of the molecule is COc1nc2ccc(Br)cc2cc1C(c1ccccc1)n1cc(-c2ccc(OC(F)(F)F)cc2)nn1. The number of pyridine rings is 1. The molecule has 1 unspecified atom stereocenters. The lowest BCUT2D eigenvalue weighted by Crippen LogP contribution is -2.16. The van der Waals surface area contributed by atoms with Crippen LogP contribution in [0.5, 0.6) is 11.6 Å². The molecule has 5 rings (SSSR count). The molecule has 0 fully saturated rings. The van der Waals surface area contributed by atoms with E-state index in [4.69, 9.17) is 9.72 Å². The van der Waals surface area contributed by atoms with Crippen LogP contribution in [0.4, 0.5) is 13.2 Å². The highest BCUT2D eigenvalue weighted by Gasteiger charge is 2.31. The van der Waals surface area contributed by atoms with Crippen molar-refractivity contribution in [2.45, 2.75) is 12.4 Å². The first-order chi connectivity index (χ1) is 17.3. The molecule has 2 aromatic heterocycles. The van der Waals surface area contributed by atoms with Gasteiger partial charge in [-0.15, -0.1) is 18.3 Å². The van der Waals surface area contributed by atoms with Crippen LogP contribution in [0.15, 0.2) is 89.5 Å². The van der Waals surface area contributed by atoms with Crippen LogP contribution < -0.4 is 9.47 Å². The number of fused-ring (bicyclic) bond motifs is 1. The fraction of sp³-hybridized carbons (Fsp3) is 0.115. The molecule has 3 aromatic carbocycles. The fourth-order valence-electron chi connectivity index (χ4n) is 3.98. The van der Waals surface area contributed by atoms with Crippen molar-refractivity contribution in [2.24, 2.45) is 0 Å². The number of halogens is 4. The Morgan fingerprint density at radius 1 is 0.944 bits per heavy atom. The molecular weight excluding hydrogens is 537 g/mol. The molecule has 36 heavy (non-hydrogen) atoms. The van der Waals surface area contributed by atoms with Gasteiger partial charge in [-0.1, -0.05) is 51.5 Å². The van der Waals surface area contributed by atoms with E-state index in [1.54, 1.807) is 18.0 Å². The fourth-order valence-corrected chi connectivity index (χ4v) is 4.36. The summed E-state index contributed by atoms with van der Waals surface area (Å²) in [6, 6.07) is 22.6. The van der Waals surface area contributed by atoms with Crippen LogP contribution in [-0.4, -0.2) is 33.5 Å². The predicted octanol–water partition coefficient (Wildman–Crippen LogP) is 6.80. The minimum atomic E-state index is -4.75. The van der Waals surface area contributed by atoms with Gasteiger partial charge in [0.2, 0.25) is 5.88 Å². The molecule has 0 amide bonds. The Balaban J connectivity index is 1.58. The summed E-state index contributed by atoms with van der Waals surface area (Å²) < 4.78 is 49.7. The van der Waals surface area contributed by atoms with Gasteiger partial charge < -0.3 is 9.47 Å². The Bertz CT molecular complexity index is 1510. The Morgan fingerprint density at radius 3 is 2.39 bits per heavy atom. The van der Waals surface area contributed by atoms with Crippen molar-refractivity contribution >= 4 is 26.8 Å². The van der Waals surface area contributed by atoms with Crippen molar-refractivity contribution in [2.75, 3.05) is 7.11 Å². The number of benzene rings is 3. The van der Waals surface area contributed by atoms with Gasteiger partial charge in [-0.2, -0.15) is 0 Å². The lowest BCUT2D eigenvalue weighted by Gasteiger charge is -2.20. The van der Waals surface area contributed by atoms with Crippen LogP contribution in [0.1, 0.15) is 17.2 Å². The zero-order valence-corrected chi connectivity index (χ0v) is 20.4. The van der Waals surface area contributed by atoms with E-state index < -0.39 is 12.4 Å². The van der Waals surface area contributed by atoms with E-state index in [9.17, 15) is 13.2 Å². The quantitative estimate of drug-likeness (QED) is 0.231. The number of alkyl halides is 3. The molecule has 10 heteroatoms. The van der Waals surface area contributed by atoms with Crippen molar-refractivity contribution in [3.05, 3.63) is 101 Å². The number of methoxy groups -OCH3 is 1. The number of ether oxygens (including phenoxy) is 2. The molecule has 0 aliphatic heterocycles. The zero-order valence-electron chi connectivity index (χ0n) is 18.8. The zero-order chi connectivity index (χ0) is 25.3. The van der Waals surface area contributed by atoms with Crippen LogP contribution in [0.25, 0.3) is 22.2 Å². The highest BCUT2D eigenvalue weighted by molar-refractivity contribution is 9.10. The molecule has 0 aliphatic rings. The van der Waals surface area contributed by atoms with Gasteiger partial charge in [-0.25, -0.2) is 9.67 Å². The summed E-state index contributed by atoms with van der Waals surface area (Å²) in [7, 11) is 1.57. The highest BCUT2D eigenvalue weighted by atomic mass is 79.9. The summed E-state index contributed by atoms with van der Waals surface area (Å²) in [6.07, 6.45) is -3.02. The van der Waals surface area contributed by atoms with Crippen LogP contribution in [0.2, 0.25) is 0 Å². The summed E-state index contributed by atoms with van der Waals surface area (Å²) in [5, 5.41) is 9.56. The van der Waals surface area contributed by atoms with Crippen molar-refractivity contribution in [1.82, 2.24) is 20.0 Å². The molecule has 0 aliphatic carbocycles. The summed E-state index contributed by atoms with van der Waals surface area (Å²) in [5.74, 6) is 0.142. The molecule has 0 saturated carbocycles. The van der Waals surface area contributed by atoms with Crippen molar-refractivity contribution in [3.63, 3.8) is 0 Å². The first-order valence-corrected chi connectivity index (χ1v) is 11.6. The van der Waals surface area contributed by atoms with Crippen molar-refractivity contribution in [1.29, 1.82) is 0 Å². The molecule has 0 saturated heterocycles. The monoisotopic (exact) mass is 554 g/mol. The van der Waals surface area contributed by atoms with Gasteiger partial charge in [0.25, 0.3) is 0 Å². The van der Waals surface area contributed by atoms with Crippen LogP contribution in [-0.2, 0) is 0 Å². The minimum absolute atomic E-state index is 0.307. The second kappa shape index (κ2) is 9.62. The molecule has 0 spiro atoms. The third-order valence-electron chi connectivity index (χ3n) is 5.53. The molecule has 0 N–H and O–H groups in total. The Kier molecular flexibility index (Phi) is 6.36. The molecule has 6 nitrogen and oxygen atoms in total. The number of hydrogen-bond donors (Lipinski definition) is 0. The Labute approximate surface area is 212 Å². The van der Waals surface area contributed by atoms with Gasteiger partial charge >= 0.3 is 6.36 Å². The summed E-state index contributed by atoms with van der Waals surface area (Å²) in [4.78, 5) is 4.70. The second-order valence-electron chi connectivity index (χ2n) is 7.89. The topological polar surface area (TPSA) is 62.1 Å². The van der Waals surface area contributed by atoms with Gasteiger partial charge in [-0.3, -0.25) is 0 Å². The lowest BCUT2D eigenvalue weighted by atomic mass is 9.98. The predicted molar refractivity (Wildman–Crippen MR) is 132 cm³/mol. The van der Waals surface area contributed by atoms with Crippen LogP contribution in [0.3, 0.4) is 0 Å². The van der Waals surface area contributed by atoms with Gasteiger partial charge in [0.1, 0.15) is 17.5 Å². The number of hydrogen-bond acceptors (Lipinski definition) is 5. The summed E-state index contributed by atoms with van der Waals surface area (Å²) >= 11 is 3.51. The normalized spacial score (nSPS) is 12.5. The molecular formula is C26H18BrF3N4O2. The third-order valence-corrected chi connectivity index (χ3v) is 6.02. The molecule has 0 bridgehead atoms. The van der Waals surface area contributed by atoms with E-state index in [0.29, 0.717) is 17.1 Å². The van der Waals surface area contributed by atoms with Gasteiger partial charge in [-0.05, 0) is 54.1 Å². The van der Waals surface area contributed by atoms with Crippen molar-refractivity contribution in [3.8, 4) is 22.9 Å². The van der Waals surface area contributed by atoms with Crippen molar-refractivity contribution < 1.29 is 22.6 Å². The lowest BCUT2D eigenvalue weighted by molar-refractivity contribution is -0.274. The van der Waals surface area contributed by atoms with E-state index in [1.165, 1.54) is 24.3 Å². The molecule has 2 heterocycles. The molecule has 0 radical (unpaired) electrons.